The van der Waals surface area contributed by atoms with Gasteiger partial charge in [0.15, 0.2) is 0 Å². The first kappa shape index (κ1) is 16.2. The quantitative estimate of drug-likeness (QED) is 0.856. The van der Waals surface area contributed by atoms with Crippen LogP contribution in [0.5, 0.6) is 0 Å². The van der Waals surface area contributed by atoms with Crippen LogP contribution in [0.15, 0.2) is 0 Å². The van der Waals surface area contributed by atoms with E-state index in [9.17, 15) is 4.79 Å². The summed E-state index contributed by atoms with van der Waals surface area (Å²) >= 11 is 0. The average molecular weight is 310 g/mol. The first-order chi connectivity index (χ1) is 10.7. The van der Waals surface area contributed by atoms with E-state index < -0.39 is 0 Å². The van der Waals surface area contributed by atoms with E-state index in [1.54, 1.807) is 0 Å². The molecule has 5 heteroatoms. The monoisotopic (exact) mass is 310 g/mol. The molecule has 3 aliphatic rings. The van der Waals surface area contributed by atoms with Crippen LogP contribution in [0.1, 0.15) is 45.4 Å². The fourth-order valence-corrected chi connectivity index (χ4v) is 3.89. The first-order valence-electron chi connectivity index (χ1n) is 8.98. The van der Waals surface area contributed by atoms with E-state index in [0.717, 1.165) is 51.3 Å². The Bertz CT molecular complexity index is 357. The molecule has 1 N–H and O–H groups in total. The molecule has 0 bridgehead atoms. The minimum absolute atomic E-state index is 0.169. The van der Waals surface area contributed by atoms with Crippen molar-refractivity contribution in [3.05, 3.63) is 0 Å². The van der Waals surface area contributed by atoms with Crippen LogP contribution in [0, 0.1) is 5.92 Å². The van der Waals surface area contributed by atoms with Crippen molar-refractivity contribution in [2.24, 2.45) is 5.92 Å². The smallest absolute Gasteiger partial charge is 0.253 e. The van der Waals surface area contributed by atoms with Gasteiger partial charge >= 0.3 is 0 Å². The van der Waals surface area contributed by atoms with E-state index in [4.69, 9.17) is 9.47 Å². The Hall–Kier alpha value is -0.650. The lowest BCUT2D eigenvalue weighted by Crippen LogP contribution is -2.54. The second-order valence-electron chi connectivity index (χ2n) is 7.10. The second-order valence-corrected chi connectivity index (χ2v) is 7.10. The summed E-state index contributed by atoms with van der Waals surface area (Å²) in [5.74, 6) is 0.964. The molecule has 2 atom stereocenters. The van der Waals surface area contributed by atoms with Crippen LogP contribution >= 0.6 is 0 Å². The summed E-state index contributed by atoms with van der Waals surface area (Å²) in [5, 5.41) is 3.27. The maximum Gasteiger partial charge on any atom is 0.253 e. The standard InChI is InChI=1S/C17H30N2O3/c1-13-4-6-14(7-5-13)19(12-15-3-2-9-21-15)17(20)16-11-18-8-10-22-16/h13-16,18H,2-12H2,1H3. The van der Waals surface area contributed by atoms with Crippen molar-refractivity contribution in [1.82, 2.24) is 10.2 Å². The molecule has 2 aliphatic heterocycles. The van der Waals surface area contributed by atoms with Crippen molar-refractivity contribution in [3.63, 3.8) is 0 Å². The molecular formula is C17H30N2O3. The molecule has 2 unspecified atom stereocenters. The number of hydrogen-bond acceptors (Lipinski definition) is 4. The number of carbonyl (C=O) groups excluding carboxylic acids is 1. The molecule has 0 aromatic carbocycles. The summed E-state index contributed by atoms with van der Waals surface area (Å²) in [5.41, 5.74) is 0. The second kappa shape index (κ2) is 7.75. The summed E-state index contributed by atoms with van der Waals surface area (Å²) in [6.45, 7) is 6.02. The van der Waals surface area contributed by atoms with Crippen LogP contribution in [0.4, 0.5) is 0 Å². The lowest BCUT2D eigenvalue weighted by molar-refractivity contribution is -0.150. The average Bonchev–Trinajstić information content (AvgIpc) is 3.07. The van der Waals surface area contributed by atoms with E-state index in [0.29, 0.717) is 19.2 Å². The lowest BCUT2D eigenvalue weighted by atomic mass is 9.86. The number of ether oxygens (including phenoxy) is 2. The molecule has 1 amide bonds. The zero-order valence-electron chi connectivity index (χ0n) is 13.8. The molecule has 0 aromatic heterocycles. The topological polar surface area (TPSA) is 50.8 Å². The van der Waals surface area contributed by atoms with Crippen molar-refractivity contribution in [1.29, 1.82) is 0 Å². The first-order valence-corrected chi connectivity index (χ1v) is 8.98. The van der Waals surface area contributed by atoms with Gasteiger partial charge in [0.25, 0.3) is 5.91 Å². The number of nitrogens with zero attached hydrogens (tertiary/aromatic N) is 1. The molecule has 0 aromatic rings. The van der Waals surface area contributed by atoms with Gasteiger partial charge in [0.1, 0.15) is 6.10 Å². The largest absolute Gasteiger partial charge is 0.376 e. The Morgan fingerprint density at radius 3 is 2.59 bits per heavy atom. The van der Waals surface area contributed by atoms with Crippen LogP contribution < -0.4 is 5.32 Å². The molecule has 22 heavy (non-hydrogen) atoms. The van der Waals surface area contributed by atoms with Gasteiger partial charge in [-0.05, 0) is 44.4 Å². The minimum Gasteiger partial charge on any atom is -0.376 e. The number of amides is 1. The number of rotatable bonds is 4. The molecule has 0 radical (unpaired) electrons. The molecule has 3 rings (SSSR count). The molecule has 3 fully saturated rings. The summed E-state index contributed by atoms with van der Waals surface area (Å²) in [6, 6.07) is 0.374. The molecule has 2 saturated heterocycles. The lowest BCUT2D eigenvalue weighted by Gasteiger charge is -2.39. The molecule has 1 aliphatic carbocycles. The minimum atomic E-state index is -0.311. The van der Waals surface area contributed by atoms with Crippen LogP contribution in [-0.2, 0) is 14.3 Å². The molecule has 0 spiro atoms. The van der Waals surface area contributed by atoms with Gasteiger partial charge in [-0.3, -0.25) is 4.79 Å². The van der Waals surface area contributed by atoms with Gasteiger partial charge in [0, 0.05) is 32.3 Å². The van der Waals surface area contributed by atoms with E-state index in [1.165, 1.54) is 12.8 Å². The number of nitrogens with one attached hydrogen (secondary N) is 1. The maximum atomic E-state index is 13.0. The number of morpholine rings is 1. The van der Waals surface area contributed by atoms with Gasteiger partial charge in [-0.1, -0.05) is 6.92 Å². The Kier molecular flexibility index (Phi) is 5.71. The Morgan fingerprint density at radius 1 is 1.14 bits per heavy atom. The van der Waals surface area contributed by atoms with E-state index in [1.807, 2.05) is 0 Å². The molecule has 1 saturated carbocycles. The van der Waals surface area contributed by atoms with Crippen molar-refractivity contribution in [2.75, 3.05) is 32.8 Å². The number of carbonyl (C=O) groups is 1. The summed E-state index contributed by atoms with van der Waals surface area (Å²) in [7, 11) is 0. The van der Waals surface area contributed by atoms with Crippen LogP contribution in [-0.4, -0.2) is 61.9 Å². The summed E-state index contributed by atoms with van der Waals surface area (Å²) in [6.07, 6.45) is 6.81. The highest BCUT2D eigenvalue weighted by molar-refractivity contribution is 5.81. The molecular weight excluding hydrogens is 280 g/mol. The van der Waals surface area contributed by atoms with Gasteiger partial charge in [-0.25, -0.2) is 0 Å². The molecule has 5 nitrogen and oxygen atoms in total. The van der Waals surface area contributed by atoms with Gasteiger partial charge < -0.3 is 19.7 Å². The Balaban J connectivity index is 1.65. The summed E-state index contributed by atoms with van der Waals surface area (Å²) in [4.78, 5) is 15.1. The van der Waals surface area contributed by atoms with Gasteiger partial charge in [-0.15, -0.1) is 0 Å². The Morgan fingerprint density at radius 2 is 1.95 bits per heavy atom. The SMILES string of the molecule is CC1CCC(N(CC2CCCO2)C(=O)C2CNCCO2)CC1. The zero-order chi connectivity index (χ0) is 15.4. The van der Waals surface area contributed by atoms with E-state index >= 15 is 0 Å². The molecule has 2 heterocycles. The highest BCUT2D eigenvalue weighted by Gasteiger charge is 2.35. The summed E-state index contributed by atoms with van der Waals surface area (Å²) < 4.78 is 11.5. The van der Waals surface area contributed by atoms with Crippen molar-refractivity contribution in [3.8, 4) is 0 Å². The van der Waals surface area contributed by atoms with Crippen LogP contribution in [0.25, 0.3) is 0 Å². The van der Waals surface area contributed by atoms with Crippen molar-refractivity contribution < 1.29 is 14.3 Å². The van der Waals surface area contributed by atoms with Gasteiger partial charge in [-0.2, -0.15) is 0 Å². The highest BCUT2D eigenvalue weighted by atomic mass is 16.5. The van der Waals surface area contributed by atoms with Crippen LogP contribution in [0.3, 0.4) is 0 Å². The zero-order valence-corrected chi connectivity index (χ0v) is 13.8. The van der Waals surface area contributed by atoms with Crippen LogP contribution in [0.2, 0.25) is 0 Å². The Labute approximate surface area is 133 Å². The van der Waals surface area contributed by atoms with Crippen molar-refractivity contribution >= 4 is 5.91 Å². The van der Waals surface area contributed by atoms with Gasteiger partial charge in [0.2, 0.25) is 0 Å². The predicted octanol–water partition coefficient (Wildman–Crippen LogP) is 1.56. The highest BCUT2D eigenvalue weighted by Crippen LogP contribution is 2.29. The maximum absolute atomic E-state index is 13.0. The fourth-order valence-electron chi connectivity index (χ4n) is 3.89. The third-order valence-electron chi connectivity index (χ3n) is 5.34. The molecule has 126 valence electrons. The third kappa shape index (κ3) is 4.00. The van der Waals surface area contributed by atoms with E-state index in [-0.39, 0.29) is 18.1 Å². The number of hydrogen-bond donors (Lipinski definition) is 1. The van der Waals surface area contributed by atoms with Crippen molar-refractivity contribution in [2.45, 2.75) is 63.7 Å². The fraction of sp³-hybridized carbons (Fsp3) is 0.941. The third-order valence-corrected chi connectivity index (χ3v) is 5.34. The van der Waals surface area contributed by atoms with Gasteiger partial charge in [0.05, 0.1) is 12.7 Å². The van der Waals surface area contributed by atoms with E-state index in [2.05, 4.69) is 17.1 Å². The normalized spacial score (nSPS) is 36.2. The predicted molar refractivity (Wildman–Crippen MR) is 84.7 cm³/mol.